The normalized spacial score (nSPS) is 21.3. The lowest BCUT2D eigenvalue weighted by Crippen LogP contribution is -2.32. The van der Waals surface area contributed by atoms with Crippen LogP contribution in [0.4, 0.5) is 0 Å². The summed E-state index contributed by atoms with van der Waals surface area (Å²) in [4.78, 5) is 12.7. The molecule has 1 aliphatic carbocycles. The Kier molecular flexibility index (Phi) is 7.15. The Balaban J connectivity index is 1.65. The first kappa shape index (κ1) is 22.4. The van der Waals surface area contributed by atoms with E-state index in [-0.39, 0.29) is 23.7 Å². The van der Waals surface area contributed by atoms with Gasteiger partial charge in [0.2, 0.25) is 0 Å². The van der Waals surface area contributed by atoms with Crippen molar-refractivity contribution in [1.82, 2.24) is 5.01 Å². The topological polar surface area (TPSA) is 51.1 Å². The summed E-state index contributed by atoms with van der Waals surface area (Å²) in [7, 11) is 0. The van der Waals surface area contributed by atoms with Crippen molar-refractivity contribution in [1.29, 1.82) is 0 Å². The predicted octanol–water partition coefficient (Wildman–Crippen LogP) is 5.85. The van der Waals surface area contributed by atoms with Crippen LogP contribution in [0.5, 0.6) is 11.5 Å². The molecule has 0 spiro atoms. The third-order valence-electron chi connectivity index (χ3n) is 5.94. The molecule has 2 aliphatic rings. The van der Waals surface area contributed by atoms with Crippen molar-refractivity contribution >= 4 is 29.3 Å². The number of nitrogens with zero attached hydrogens (tertiary/aromatic N) is 2. The second kappa shape index (κ2) is 10.2. The first-order chi connectivity index (χ1) is 15.6. The number of halogens is 1. The largest absolute Gasteiger partial charge is 0.494 e. The van der Waals surface area contributed by atoms with Gasteiger partial charge in [0, 0.05) is 5.92 Å². The van der Waals surface area contributed by atoms with Gasteiger partial charge in [-0.05, 0) is 80.2 Å². The highest BCUT2D eigenvalue weighted by atomic mass is 35.5. The van der Waals surface area contributed by atoms with Crippen molar-refractivity contribution in [2.24, 2.45) is 11.0 Å². The molecular formula is C26H29ClN2O3. The average Bonchev–Trinajstić information content (AvgIpc) is 3.21. The fraction of sp³-hybridized carbons (Fsp3) is 0.385. The van der Waals surface area contributed by atoms with Crippen molar-refractivity contribution in [3.63, 3.8) is 0 Å². The summed E-state index contributed by atoms with van der Waals surface area (Å²) < 4.78 is 11.1. The van der Waals surface area contributed by atoms with Crippen LogP contribution in [0, 0.1) is 5.92 Å². The highest BCUT2D eigenvalue weighted by Gasteiger charge is 2.43. The number of carbonyl (C=O) groups excluding carboxylic acids is 1. The molecule has 0 aromatic heterocycles. The van der Waals surface area contributed by atoms with Gasteiger partial charge >= 0.3 is 0 Å². The molecule has 2 atom stereocenters. The predicted molar refractivity (Wildman–Crippen MR) is 128 cm³/mol. The molecule has 6 heteroatoms. The monoisotopic (exact) mass is 452 g/mol. The zero-order valence-electron chi connectivity index (χ0n) is 18.6. The van der Waals surface area contributed by atoms with Crippen molar-refractivity contribution in [3.05, 3.63) is 65.2 Å². The maximum atomic E-state index is 12.7. The molecule has 1 aliphatic heterocycles. The Labute approximate surface area is 194 Å². The summed E-state index contributed by atoms with van der Waals surface area (Å²) >= 11 is 5.95. The van der Waals surface area contributed by atoms with Crippen molar-refractivity contribution in [3.8, 4) is 11.5 Å². The van der Waals surface area contributed by atoms with Crippen molar-refractivity contribution in [2.75, 3.05) is 19.1 Å². The third-order valence-corrected chi connectivity index (χ3v) is 6.16. The van der Waals surface area contributed by atoms with Gasteiger partial charge in [-0.3, -0.25) is 4.79 Å². The van der Waals surface area contributed by atoms with Crippen LogP contribution >= 0.6 is 11.6 Å². The van der Waals surface area contributed by atoms with Gasteiger partial charge in [0.25, 0.3) is 5.91 Å². The molecule has 32 heavy (non-hydrogen) atoms. The van der Waals surface area contributed by atoms with Crippen molar-refractivity contribution < 1.29 is 14.3 Å². The summed E-state index contributed by atoms with van der Waals surface area (Å²) in [5, 5.41) is 6.41. The highest BCUT2D eigenvalue weighted by molar-refractivity contribution is 6.27. The van der Waals surface area contributed by atoms with Gasteiger partial charge in [0.15, 0.2) is 0 Å². The molecule has 1 amide bonds. The molecule has 0 unspecified atom stereocenters. The Bertz CT molecular complexity index is 999. The summed E-state index contributed by atoms with van der Waals surface area (Å²) in [5.41, 5.74) is 4.35. The number of carbonyl (C=O) groups is 1. The lowest BCUT2D eigenvalue weighted by atomic mass is 9.77. The maximum Gasteiger partial charge on any atom is 0.258 e. The van der Waals surface area contributed by atoms with E-state index in [9.17, 15) is 4.79 Å². The van der Waals surface area contributed by atoms with E-state index in [4.69, 9.17) is 26.2 Å². The van der Waals surface area contributed by atoms with Gasteiger partial charge in [-0.2, -0.15) is 5.10 Å². The summed E-state index contributed by atoms with van der Waals surface area (Å²) in [6, 6.07) is 15.9. The SMILES string of the molecule is CCOc1ccc(/C=C2/CCC[C@H]3C2=NN(C(=O)CCl)[C@@H]3c2ccc(OCC)cc2)cc1. The molecular weight excluding hydrogens is 424 g/mol. The number of hydrogen-bond acceptors (Lipinski definition) is 4. The fourth-order valence-corrected chi connectivity index (χ4v) is 4.68. The number of hydrazone groups is 1. The first-order valence-corrected chi connectivity index (χ1v) is 11.8. The second-order valence-corrected chi connectivity index (χ2v) is 8.24. The average molecular weight is 453 g/mol. The van der Waals surface area contributed by atoms with E-state index in [0.717, 1.165) is 47.6 Å². The smallest absolute Gasteiger partial charge is 0.258 e. The van der Waals surface area contributed by atoms with Crippen molar-refractivity contribution in [2.45, 2.75) is 39.2 Å². The van der Waals surface area contributed by atoms with Crippen LogP contribution in [-0.2, 0) is 4.79 Å². The maximum absolute atomic E-state index is 12.7. The molecule has 1 heterocycles. The van der Waals surface area contributed by atoms with Crippen LogP contribution in [0.1, 0.15) is 50.3 Å². The van der Waals surface area contributed by atoms with E-state index in [0.29, 0.717) is 13.2 Å². The molecule has 0 N–H and O–H groups in total. The lowest BCUT2D eigenvalue weighted by molar-refractivity contribution is -0.130. The Morgan fingerprint density at radius 1 is 1.06 bits per heavy atom. The zero-order chi connectivity index (χ0) is 22.5. The number of hydrogen-bond donors (Lipinski definition) is 0. The molecule has 2 aromatic carbocycles. The molecule has 1 saturated carbocycles. The number of alkyl halides is 1. The van der Waals surface area contributed by atoms with Crippen LogP contribution in [0.3, 0.4) is 0 Å². The summed E-state index contributed by atoms with van der Waals surface area (Å²) in [6.07, 6.45) is 5.18. The number of ether oxygens (including phenoxy) is 2. The number of amides is 1. The van der Waals surface area contributed by atoms with E-state index in [2.05, 4.69) is 18.2 Å². The highest BCUT2D eigenvalue weighted by Crippen LogP contribution is 2.44. The van der Waals surface area contributed by atoms with E-state index >= 15 is 0 Å². The minimum Gasteiger partial charge on any atom is -0.494 e. The van der Waals surface area contributed by atoms with Crippen LogP contribution in [0.2, 0.25) is 0 Å². The van der Waals surface area contributed by atoms with E-state index in [1.54, 1.807) is 5.01 Å². The third kappa shape index (κ3) is 4.68. The number of fused-ring (bicyclic) bond motifs is 1. The minimum atomic E-state index is -0.173. The van der Waals surface area contributed by atoms with Crippen LogP contribution in [0.15, 0.2) is 59.2 Å². The summed E-state index contributed by atoms with van der Waals surface area (Å²) in [5.74, 6) is 1.58. The molecule has 0 saturated heterocycles. The first-order valence-electron chi connectivity index (χ1n) is 11.3. The van der Waals surface area contributed by atoms with Crippen LogP contribution < -0.4 is 9.47 Å². The minimum absolute atomic E-state index is 0.0883. The second-order valence-electron chi connectivity index (χ2n) is 7.97. The molecule has 168 valence electrons. The van der Waals surface area contributed by atoms with Gasteiger partial charge in [0.1, 0.15) is 17.4 Å². The Morgan fingerprint density at radius 2 is 1.69 bits per heavy atom. The Hall–Kier alpha value is -2.79. The van der Waals surface area contributed by atoms with E-state index in [1.807, 2.05) is 50.2 Å². The zero-order valence-corrected chi connectivity index (χ0v) is 19.3. The number of allylic oxidation sites excluding steroid dienone is 1. The van der Waals surface area contributed by atoms with Gasteiger partial charge in [-0.15, -0.1) is 11.6 Å². The summed E-state index contributed by atoms with van der Waals surface area (Å²) in [6.45, 7) is 5.21. The van der Waals surface area contributed by atoms with Crippen LogP contribution in [0.25, 0.3) is 6.08 Å². The van der Waals surface area contributed by atoms with Gasteiger partial charge in [-0.25, -0.2) is 5.01 Å². The van der Waals surface area contributed by atoms with Gasteiger partial charge in [0.05, 0.1) is 25.0 Å². The van der Waals surface area contributed by atoms with E-state index < -0.39 is 0 Å². The number of benzene rings is 2. The van der Waals surface area contributed by atoms with Gasteiger partial charge in [-0.1, -0.05) is 24.3 Å². The molecule has 4 rings (SSSR count). The molecule has 1 fully saturated rings. The lowest BCUT2D eigenvalue weighted by Gasteiger charge is -2.29. The molecule has 5 nitrogen and oxygen atoms in total. The molecule has 0 bridgehead atoms. The van der Waals surface area contributed by atoms with E-state index in [1.165, 1.54) is 5.57 Å². The Morgan fingerprint density at radius 3 is 2.28 bits per heavy atom. The molecule has 2 aromatic rings. The van der Waals surface area contributed by atoms with Gasteiger partial charge < -0.3 is 9.47 Å². The quantitative estimate of drug-likeness (QED) is 0.495. The van der Waals surface area contributed by atoms with Crippen LogP contribution in [-0.4, -0.2) is 35.7 Å². The molecule has 0 radical (unpaired) electrons. The standard InChI is InChI=1S/C26H29ClN2O3/c1-3-31-21-12-8-18(9-13-21)16-20-6-5-7-23-25(20)28-29(24(30)17-27)26(23)19-10-14-22(15-11-19)32-4-2/h8-16,23,26H,3-7,17H2,1-2H3/b20-16-/t23-,26+/m0/s1. The fourth-order valence-electron chi connectivity index (χ4n) is 4.56. The number of rotatable bonds is 7.